The van der Waals surface area contributed by atoms with Crippen LogP contribution in [0.1, 0.15) is 24.0 Å². The van der Waals surface area contributed by atoms with Crippen LogP contribution in [0.3, 0.4) is 0 Å². The number of nitrogens with zero attached hydrogens (tertiary/aromatic N) is 4. The van der Waals surface area contributed by atoms with E-state index in [0.29, 0.717) is 25.8 Å². The summed E-state index contributed by atoms with van der Waals surface area (Å²) in [5.74, 6) is 1.68. The number of nitrogens with one attached hydrogen (secondary N) is 1. The zero-order valence-electron chi connectivity index (χ0n) is 21.2. The molecule has 2 aromatic carbocycles. The summed E-state index contributed by atoms with van der Waals surface area (Å²) in [7, 11) is 0. The number of likely N-dealkylation sites (tertiary alicyclic amines) is 1. The number of imidazole rings is 1. The van der Waals surface area contributed by atoms with Gasteiger partial charge in [0.25, 0.3) is 5.56 Å². The normalized spacial score (nSPS) is 16.4. The van der Waals surface area contributed by atoms with Crippen LogP contribution in [0.15, 0.2) is 66.0 Å². The van der Waals surface area contributed by atoms with Crippen LogP contribution in [0.4, 0.5) is 0 Å². The number of benzene rings is 2. The van der Waals surface area contributed by atoms with E-state index < -0.39 is 0 Å². The minimum Gasteiger partial charge on any atom is -0.486 e. The first-order chi connectivity index (χ1) is 18.1. The van der Waals surface area contributed by atoms with Crippen molar-refractivity contribution in [1.82, 2.24) is 24.3 Å². The Morgan fingerprint density at radius 2 is 1.84 bits per heavy atom. The van der Waals surface area contributed by atoms with Crippen LogP contribution in [-0.4, -0.2) is 57.9 Å². The number of hydrogen-bond acceptors (Lipinski definition) is 6. The number of aromatic nitrogens is 3. The summed E-state index contributed by atoms with van der Waals surface area (Å²) in [6.45, 7) is 7.65. The molecule has 0 radical (unpaired) electrons. The van der Waals surface area contributed by atoms with Crippen molar-refractivity contribution in [2.24, 2.45) is 0 Å². The Morgan fingerprint density at radius 1 is 1.00 bits per heavy atom. The fourth-order valence-electron chi connectivity index (χ4n) is 5.40. The van der Waals surface area contributed by atoms with Crippen molar-refractivity contribution in [2.45, 2.75) is 38.9 Å². The van der Waals surface area contributed by atoms with Crippen LogP contribution in [-0.2, 0) is 13.1 Å². The number of piperidine rings is 1. The fourth-order valence-corrected chi connectivity index (χ4v) is 5.40. The third-order valence-electron chi connectivity index (χ3n) is 7.53. The maximum atomic E-state index is 13.0. The lowest BCUT2D eigenvalue weighted by atomic mass is 10.0. The van der Waals surface area contributed by atoms with Gasteiger partial charge in [-0.3, -0.25) is 4.79 Å². The largest absolute Gasteiger partial charge is 0.486 e. The van der Waals surface area contributed by atoms with Gasteiger partial charge in [-0.1, -0.05) is 12.1 Å². The molecule has 2 aliphatic heterocycles. The summed E-state index contributed by atoms with van der Waals surface area (Å²) in [6.07, 6.45) is 7.66. The molecule has 1 saturated heterocycles. The second-order valence-electron chi connectivity index (χ2n) is 9.96. The minimum atomic E-state index is 0.0590. The predicted molar refractivity (Wildman–Crippen MR) is 144 cm³/mol. The molecule has 2 aliphatic rings. The van der Waals surface area contributed by atoms with Gasteiger partial charge in [0.1, 0.15) is 13.2 Å². The average Bonchev–Trinajstić information content (AvgIpc) is 3.47. The molecule has 0 atom stereocenters. The molecule has 8 heteroatoms. The van der Waals surface area contributed by atoms with Crippen molar-refractivity contribution < 1.29 is 9.47 Å². The van der Waals surface area contributed by atoms with Gasteiger partial charge in [-0.25, -0.2) is 4.98 Å². The quantitative estimate of drug-likeness (QED) is 0.420. The number of ether oxygens (including phenoxy) is 2. The van der Waals surface area contributed by atoms with Gasteiger partial charge in [0, 0.05) is 55.2 Å². The monoisotopic (exact) mass is 499 g/mol. The molecule has 192 valence electrons. The van der Waals surface area contributed by atoms with Gasteiger partial charge in [-0.2, -0.15) is 0 Å². The molecular formula is C29H33N5O3. The zero-order valence-corrected chi connectivity index (χ0v) is 21.2. The van der Waals surface area contributed by atoms with Gasteiger partial charge in [-0.05, 0) is 68.2 Å². The second kappa shape index (κ2) is 10.4. The summed E-state index contributed by atoms with van der Waals surface area (Å²) in [5.41, 5.74) is 4.27. The van der Waals surface area contributed by atoms with E-state index in [0.717, 1.165) is 72.7 Å². The molecule has 2 aromatic heterocycles. The molecule has 4 aromatic rings. The van der Waals surface area contributed by atoms with Crippen molar-refractivity contribution in [3.8, 4) is 17.2 Å². The lowest BCUT2D eigenvalue weighted by molar-refractivity contribution is 0.171. The molecule has 0 aliphatic carbocycles. The Hall–Kier alpha value is -3.62. The summed E-state index contributed by atoms with van der Waals surface area (Å²) < 4.78 is 15.2. The first-order valence-corrected chi connectivity index (χ1v) is 13.1. The van der Waals surface area contributed by atoms with E-state index in [4.69, 9.17) is 9.47 Å². The highest BCUT2D eigenvalue weighted by Gasteiger charge is 2.20. The molecule has 4 heterocycles. The van der Waals surface area contributed by atoms with Crippen LogP contribution < -0.4 is 20.3 Å². The molecule has 0 amide bonds. The molecule has 1 fully saturated rings. The van der Waals surface area contributed by atoms with Crippen molar-refractivity contribution in [2.75, 3.05) is 32.8 Å². The van der Waals surface area contributed by atoms with Crippen molar-refractivity contribution in [3.05, 3.63) is 82.7 Å². The molecule has 0 bridgehead atoms. The Morgan fingerprint density at radius 3 is 2.65 bits per heavy atom. The number of pyridine rings is 1. The number of aryl methyl sites for hydroxylation is 1. The van der Waals surface area contributed by atoms with E-state index in [-0.39, 0.29) is 5.56 Å². The van der Waals surface area contributed by atoms with Gasteiger partial charge in [0.05, 0.1) is 11.8 Å². The van der Waals surface area contributed by atoms with Gasteiger partial charge >= 0.3 is 0 Å². The molecule has 0 unspecified atom stereocenters. The maximum absolute atomic E-state index is 13.0. The van der Waals surface area contributed by atoms with Gasteiger partial charge in [0.2, 0.25) is 0 Å². The Kier molecular flexibility index (Phi) is 6.68. The molecule has 0 saturated carbocycles. The Balaban J connectivity index is 1.07. The molecule has 0 spiro atoms. The Bertz CT molecular complexity index is 1440. The summed E-state index contributed by atoms with van der Waals surface area (Å²) in [6, 6.07) is 14.7. The fraction of sp³-hybridized carbons (Fsp3) is 0.379. The summed E-state index contributed by atoms with van der Waals surface area (Å²) >= 11 is 0. The maximum Gasteiger partial charge on any atom is 0.251 e. The lowest BCUT2D eigenvalue weighted by Gasteiger charge is -2.32. The molecule has 37 heavy (non-hydrogen) atoms. The van der Waals surface area contributed by atoms with Crippen molar-refractivity contribution in [1.29, 1.82) is 0 Å². The highest BCUT2D eigenvalue weighted by atomic mass is 16.6. The molecule has 1 N–H and O–H groups in total. The van der Waals surface area contributed by atoms with Gasteiger partial charge in [0.15, 0.2) is 11.5 Å². The predicted octanol–water partition coefficient (Wildman–Crippen LogP) is 3.52. The molecule has 6 rings (SSSR count). The van der Waals surface area contributed by atoms with E-state index in [2.05, 4.69) is 45.5 Å². The molecular weight excluding hydrogens is 466 g/mol. The summed E-state index contributed by atoms with van der Waals surface area (Å²) in [5, 5.41) is 4.83. The number of rotatable bonds is 7. The Labute approximate surface area is 216 Å². The smallest absolute Gasteiger partial charge is 0.251 e. The van der Waals surface area contributed by atoms with Crippen molar-refractivity contribution >= 4 is 10.9 Å². The number of hydrogen-bond donors (Lipinski definition) is 1. The first kappa shape index (κ1) is 23.8. The minimum absolute atomic E-state index is 0.0590. The topological polar surface area (TPSA) is 73.6 Å². The zero-order chi connectivity index (χ0) is 25.2. The van der Waals surface area contributed by atoms with Crippen LogP contribution in [0.25, 0.3) is 16.6 Å². The van der Waals surface area contributed by atoms with E-state index in [1.54, 1.807) is 18.6 Å². The standard InChI is InChI=1S/C29H33N5O3/c1-21-16-29(35)34(26-18-24(3-4-25(21)26)33-11-8-30-20-33)13-12-32-9-6-23(7-10-32)31-19-22-2-5-27-28(17-22)37-15-14-36-27/h2-5,8,11,16-18,20,23,31H,6-7,9-10,12-15,19H2,1H3. The van der Waals surface area contributed by atoms with Gasteiger partial charge in [-0.15, -0.1) is 0 Å². The molecule has 8 nitrogen and oxygen atoms in total. The van der Waals surface area contributed by atoms with E-state index in [9.17, 15) is 4.79 Å². The third kappa shape index (κ3) is 5.12. The number of fused-ring (bicyclic) bond motifs is 2. The summed E-state index contributed by atoms with van der Waals surface area (Å²) in [4.78, 5) is 19.6. The van der Waals surface area contributed by atoms with Crippen molar-refractivity contribution in [3.63, 3.8) is 0 Å². The van der Waals surface area contributed by atoms with E-state index in [1.807, 2.05) is 28.3 Å². The van der Waals surface area contributed by atoms with E-state index >= 15 is 0 Å². The third-order valence-corrected chi connectivity index (χ3v) is 7.53. The van der Waals surface area contributed by atoms with Gasteiger partial charge < -0.3 is 28.8 Å². The lowest BCUT2D eigenvalue weighted by Crippen LogP contribution is -2.43. The highest BCUT2D eigenvalue weighted by molar-refractivity contribution is 5.84. The van der Waals surface area contributed by atoms with E-state index in [1.165, 1.54) is 5.56 Å². The first-order valence-electron chi connectivity index (χ1n) is 13.1. The van der Waals surface area contributed by atoms with Crippen LogP contribution in [0.5, 0.6) is 11.5 Å². The van der Waals surface area contributed by atoms with Crippen LogP contribution >= 0.6 is 0 Å². The van der Waals surface area contributed by atoms with Crippen LogP contribution in [0, 0.1) is 6.92 Å². The van der Waals surface area contributed by atoms with Crippen LogP contribution in [0.2, 0.25) is 0 Å². The highest BCUT2D eigenvalue weighted by Crippen LogP contribution is 2.30. The SMILES string of the molecule is Cc1cc(=O)n(CCN2CCC(NCc3ccc4c(c3)OCCO4)CC2)c2cc(-n3ccnc3)ccc12. The average molecular weight is 500 g/mol. The second-order valence-corrected chi connectivity index (χ2v) is 9.96.